The largest absolute Gasteiger partial charge is 0.497 e. The number of sulfonamides is 1. The molecule has 1 heterocycles. The van der Waals surface area contributed by atoms with Crippen molar-refractivity contribution in [3.05, 3.63) is 82.4 Å². The van der Waals surface area contributed by atoms with Gasteiger partial charge >= 0.3 is 0 Å². The number of amides is 1. The normalized spacial score (nSPS) is 11.2. The van der Waals surface area contributed by atoms with E-state index in [1.165, 1.54) is 29.5 Å². The first kappa shape index (κ1) is 24.6. The number of methoxy groups -OCH3 is 1. The fraction of sp³-hybridized carbons (Fsp3) is 0.125. The van der Waals surface area contributed by atoms with Gasteiger partial charge in [0.15, 0.2) is 0 Å². The fourth-order valence-corrected chi connectivity index (χ4v) is 5.48. The third kappa shape index (κ3) is 5.61. The summed E-state index contributed by atoms with van der Waals surface area (Å²) < 4.78 is 33.7. The summed E-state index contributed by atoms with van der Waals surface area (Å²) in [6.45, 7) is 3.82. The highest BCUT2D eigenvalue weighted by molar-refractivity contribution is 7.92. The molecule has 1 aromatic heterocycles. The average Bonchev–Trinajstić information content (AvgIpc) is 3.30. The Morgan fingerprint density at radius 2 is 1.71 bits per heavy atom. The number of rotatable bonds is 7. The van der Waals surface area contributed by atoms with Crippen LogP contribution in [0, 0.1) is 13.8 Å². The van der Waals surface area contributed by atoms with Crippen LogP contribution in [0.25, 0.3) is 10.6 Å². The number of hydrogen-bond donors (Lipinski definition) is 2. The number of hydrogen-bond acceptors (Lipinski definition) is 7. The van der Waals surface area contributed by atoms with Gasteiger partial charge in [-0.05, 0) is 79.6 Å². The van der Waals surface area contributed by atoms with Crippen LogP contribution in [0.15, 0.2) is 65.6 Å². The van der Waals surface area contributed by atoms with Gasteiger partial charge in [-0.15, -0.1) is 10.2 Å². The van der Waals surface area contributed by atoms with E-state index in [4.69, 9.17) is 16.3 Å². The lowest BCUT2D eigenvalue weighted by molar-refractivity contribution is 0.102. The van der Waals surface area contributed by atoms with Gasteiger partial charge in [-0.25, -0.2) is 8.42 Å². The molecule has 0 radical (unpaired) electrons. The lowest BCUT2D eigenvalue weighted by atomic mass is 10.1. The number of nitrogens with one attached hydrogen (secondary N) is 2. The van der Waals surface area contributed by atoms with Crippen molar-refractivity contribution >= 4 is 49.7 Å². The zero-order valence-corrected chi connectivity index (χ0v) is 21.4. The first-order valence-corrected chi connectivity index (χ1v) is 13.0. The molecule has 3 aromatic carbocycles. The maximum Gasteiger partial charge on any atom is 0.263 e. The molecule has 4 aromatic rings. The zero-order valence-electron chi connectivity index (χ0n) is 19.0. The van der Waals surface area contributed by atoms with E-state index >= 15 is 0 Å². The van der Waals surface area contributed by atoms with Crippen LogP contribution in [0.3, 0.4) is 0 Å². The summed E-state index contributed by atoms with van der Waals surface area (Å²) in [7, 11) is -2.45. The molecule has 4 rings (SSSR count). The van der Waals surface area contributed by atoms with Crippen molar-refractivity contribution in [2.24, 2.45) is 0 Å². The number of nitrogens with zero attached hydrogens (tertiary/aromatic N) is 2. The van der Waals surface area contributed by atoms with Crippen molar-refractivity contribution < 1.29 is 17.9 Å². The Labute approximate surface area is 212 Å². The smallest absolute Gasteiger partial charge is 0.263 e. The molecule has 0 aliphatic rings. The molecule has 0 aliphatic heterocycles. The molecule has 0 aliphatic carbocycles. The monoisotopic (exact) mass is 528 g/mol. The van der Waals surface area contributed by atoms with Crippen molar-refractivity contribution in [1.29, 1.82) is 0 Å². The van der Waals surface area contributed by atoms with Crippen LogP contribution >= 0.6 is 22.9 Å². The quantitative estimate of drug-likeness (QED) is 0.326. The van der Waals surface area contributed by atoms with E-state index in [9.17, 15) is 13.2 Å². The molecule has 0 saturated heterocycles. The molecular weight excluding hydrogens is 508 g/mol. The zero-order chi connectivity index (χ0) is 25.2. The van der Waals surface area contributed by atoms with E-state index in [0.29, 0.717) is 16.4 Å². The summed E-state index contributed by atoms with van der Waals surface area (Å²) in [5.41, 5.74) is 3.31. The summed E-state index contributed by atoms with van der Waals surface area (Å²) >= 11 is 7.37. The van der Waals surface area contributed by atoms with E-state index < -0.39 is 15.9 Å². The topological polar surface area (TPSA) is 110 Å². The molecule has 0 spiro atoms. The van der Waals surface area contributed by atoms with Crippen LogP contribution in [0.5, 0.6) is 5.75 Å². The van der Waals surface area contributed by atoms with Gasteiger partial charge in [-0.3, -0.25) is 14.8 Å². The molecule has 35 heavy (non-hydrogen) atoms. The summed E-state index contributed by atoms with van der Waals surface area (Å²) in [5.74, 6) is 0.175. The second-order valence-corrected chi connectivity index (χ2v) is 10.7. The molecule has 0 atom stereocenters. The van der Waals surface area contributed by atoms with Gasteiger partial charge in [0, 0.05) is 16.8 Å². The predicted octanol–water partition coefficient (Wildman–Crippen LogP) is 5.54. The average molecular weight is 529 g/mol. The van der Waals surface area contributed by atoms with Crippen LogP contribution in [0.2, 0.25) is 5.02 Å². The number of benzene rings is 3. The van der Waals surface area contributed by atoms with Crippen LogP contribution < -0.4 is 14.8 Å². The summed E-state index contributed by atoms with van der Waals surface area (Å²) in [4.78, 5) is 12.6. The number of carbonyl (C=O) groups is 1. The van der Waals surface area contributed by atoms with E-state index in [2.05, 4.69) is 20.2 Å². The molecule has 0 bridgehead atoms. The minimum atomic E-state index is -4.04. The molecule has 180 valence electrons. The van der Waals surface area contributed by atoms with E-state index in [-0.39, 0.29) is 20.6 Å². The molecule has 1 amide bonds. The van der Waals surface area contributed by atoms with Crippen molar-refractivity contribution in [3.8, 4) is 16.3 Å². The Hall–Kier alpha value is -3.47. The fourth-order valence-electron chi connectivity index (χ4n) is 3.16. The van der Waals surface area contributed by atoms with Crippen LogP contribution in [0.1, 0.15) is 21.5 Å². The van der Waals surface area contributed by atoms with Crippen molar-refractivity contribution in [2.75, 3.05) is 17.1 Å². The van der Waals surface area contributed by atoms with Crippen molar-refractivity contribution in [1.82, 2.24) is 10.2 Å². The van der Waals surface area contributed by atoms with Gasteiger partial charge in [0.1, 0.15) is 15.7 Å². The summed E-state index contributed by atoms with van der Waals surface area (Å²) in [5, 5.41) is 11.6. The van der Waals surface area contributed by atoms with Crippen LogP contribution in [-0.2, 0) is 10.0 Å². The number of aryl methyl sites for hydroxylation is 2. The Morgan fingerprint density at radius 3 is 2.40 bits per heavy atom. The highest BCUT2D eigenvalue weighted by Crippen LogP contribution is 2.29. The Morgan fingerprint density at radius 1 is 0.971 bits per heavy atom. The SMILES string of the molecule is COc1ccc(-c2nnc(NC(=O)c3ccc(Cl)c(S(=O)(=O)Nc4ccc(C)c(C)c4)c3)s2)cc1. The predicted molar refractivity (Wildman–Crippen MR) is 138 cm³/mol. The van der Waals surface area contributed by atoms with Gasteiger partial charge in [-0.2, -0.15) is 0 Å². The minimum absolute atomic E-state index is 0.00408. The molecule has 0 unspecified atom stereocenters. The Balaban J connectivity index is 1.53. The second-order valence-electron chi connectivity index (χ2n) is 7.64. The van der Waals surface area contributed by atoms with E-state index in [0.717, 1.165) is 16.7 Å². The van der Waals surface area contributed by atoms with Crippen LogP contribution in [-0.4, -0.2) is 31.6 Å². The molecule has 11 heteroatoms. The highest BCUT2D eigenvalue weighted by Gasteiger charge is 2.21. The van der Waals surface area contributed by atoms with Gasteiger partial charge in [0.2, 0.25) is 5.13 Å². The van der Waals surface area contributed by atoms with Gasteiger partial charge in [-0.1, -0.05) is 29.0 Å². The lowest BCUT2D eigenvalue weighted by Gasteiger charge is -2.12. The standard InChI is InChI=1S/C24H21ClN4O4S2/c1-14-4-8-18(12-15(14)2)29-35(31,32)21-13-17(7-11-20(21)25)22(30)26-24-28-27-23(34-24)16-5-9-19(33-3)10-6-16/h4-13,29H,1-3H3,(H,26,28,30). The molecule has 2 N–H and O–H groups in total. The maximum atomic E-state index is 13.0. The number of halogens is 1. The van der Waals surface area contributed by atoms with E-state index in [1.807, 2.05) is 32.0 Å². The molecule has 8 nitrogen and oxygen atoms in total. The third-order valence-corrected chi connectivity index (χ3v) is 7.98. The van der Waals surface area contributed by atoms with Crippen molar-refractivity contribution in [3.63, 3.8) is 0 Å². The summed E-state index contributed by atoms with van der Waals surface area (Å²) in [6, 6.07) is 16.5. The van der Waals surface area contributed by atoms with Gasteiger partial charge < -0.3 is 4.74 Å². The number of carbonyl (C=O) groups excluding carboxylic acids is 1. The Kier molecular flexibility index (Phi) is 7.06. The lowest BCUT2D eigenvalue weighted by Crippen LogP contribution is -2.16. The van der Waals surface area contributed by atoms with Crippen molar-refractivity contribution in [2.45, 2.75) is 18.7 Å². The number of aromatic nitrogens is 2. The minimum Gasteiger partial charge on any atom is -0.497 e. The second kappa shape index (κ2) is 10.0. The first-order valence-electron chi connectivity index (χ1n) is 10.3. The molecule has 0 saturated carbocycles. The third-order valence-electron chi connectivity index (χ3n) is 5.22. The summed E-state index contributed by atoms with van der Waals surface area (Å²) in [6.07, 6.45) is 0. The van der Waals surface area contributed by atoms with Gasteiger partial charge in [0.05, 0.1) is 12.1 Å². The Bertz CT molecular complexity index is 1500. The highest BCUT2D eigenvalue weighted by atomic mass is 35.5. The maximum absolute atomic E-state index is 13.0. The van der Waals surface area contributed by atoms with Crippen LogP contribution in [0.4, 0.5) is 10.8 Å². The molecule has 0 fully saturated rings. The number of anilines is 2. The first-order chi connectivity index (χ1) is 16.7. The van der Waals surface area contributed by atoms with E-state index in [1.54, 1.807) is 31.4 Å². The van der Waals surface area contributed by atoms with Gasteiger partial charge in [0.25, 0.3) is 15.9 Å². The number of ether oxygens (including phenoxy) is 1. The molecular formula is C24H21ClN4O4S2.